The first-order chi connectivity index (χ1) is 8.02. The maximum absolute atomic E-state index is 5.97. The summed E-state index contributed by atoms with van der Waals surface area (Å²) in [5, 5.41) is 4.49. The number of hydrogen-bond acceptors (Lipinski definition) is 2. The van der Waals surface area contributed by atoms with Crippen molar-refractivity contribution in [3.8, 4) is 0 Å². The van der Waals surface area contributed by atoms with Crippen LogP contribution in [0.3, 0.4) is 0 Å². The minimum absolute atomic E-state index is 0.118. The van der Waals surface area contributed by atoms with Crippen LogP contribution in [0.4, 0.5) is 0 Å². The van der Waals surface area contributed by atoms with E-state index in [4.69, 9.17) is 4.42 Å². The zero-order chi connectivity index (χ0) is 12.5. The van der Waals surface area contributed by atoms with Gasteiger partial charge in [0.15, 0.2) is 0 Å². The number of furan rings is 1. The van der Waals surface area contributed by atoms with Crippen molar-refractivity contribution in [3.63, 3.8) is 0 Å². The van der Waals surface area contributed by atoms with Crippen molar-refractivity contribution in [2.45, 2.75) is 39.7 Å². The monoisotopic (exact) mass is 231 g/mol. The van der Waals surface area contributed by atoms with Crippen LogP contribution in [0.15, 0.2) is 28.7 Å². The van der Waals surface area contributed by atoms with E-state index in [-0.39, 0.29) is 5.41 Å². The normalized spacial score (nSPS) is 12.2. The minimum atomic E-state index is 0.118. The lowest BCUT2D eigenvalue weighted by atomic mass is 9.86. The molecule has 0 atom stereocenters. The van der Waals surface area contributed by atoms with Crippen molar-refractivity contribution in [1.29, 1.82) is 0 Å². The van der Waals surface area contributed by atoms with E-state index in [1.807, 2.05) is 0 Å². The third-order valence-electron chi connectivity index (χ3n) is 2.95. The van der Waals surface area contributed by atoms with Crippen molar-refractivity contribution in [2.24, 2.45) is 0 Å². The molecule has 0 unspecified atom stereocenters. The highest BCUT2D eigenvalue weighted by molar-refractivity contribution is 5.82. The van der Waals surface area contributed by atoms with E-state index in [9.17, 15) is 0 Å². The molecule has 0 aliphatic rings. The smallest absolute Gasteiger partial charge is 0.138 e. The molecule has 0 spiro atoms. The van der Waals surface area contributed by atoms with Crippen molar-refractivity contribution < 1.29 is 4.42 Å². The van der Waals surface area contributed by atoms with E-state index in [1.165, 1.54) is 10.9 Å². The van der Waals surface area contributed by atoms with Crippen LogP contribution in [0.1, 0.15) is 39.0 Å². The van der Waals surface area contributed by atoms with Gasteiger partial charge in [0.2, 0.25) is 0 Å². The van der Waals surface area contributed by atoms with Gasteiger partial charge < -0.3 is 9.73 Å². The van der Waals surface area contributed by atoms with E-state index in [1.54, 1.807) is 0 Å². The molecule has 2 nitrogen and oxygen atoms in total. The van der Waals surface area contributed by atoms with Gasteiger partial charge in [-0.2, -0.15) is 0 Å². The minimum Gasteiger partial charge on any atom is -0.459 e. The van der Waals surface area contributed by atoms with Crippen LogP contribution in [-0.2, 0) is 12.0 Å². The van der Waals surface area contributed by atoms with Gasteiger partial charge in [-0.3, -0.25) is 0 Å². The summed E-state index contributed by atoms with van der Waals surface area (Å²) in [6, 6.07) is 8.51. The maximum Gasteiger partial charge on any atom is 0.138 e. The first-order valence-electron chi connectivity index (χ1n) is 6.25. The van der Waals surface area contributed by atoms with Gasteiger partial charge in [0.25, 0.3) is 0 Å². The van der Waals surface area contributed by atoms with Gasteiger partial charge in [0.1, 0.15) is 11.3 Å². The number of hydrogen-bond donors (Lipinski definition) is 1. The first-order valence-corrected chi connectivity index (χ1v) is 6.25. The highest BCUT2D eigenvalue weighted by Gasteiger charge is 2.19. The van der Waals surface area contributed by atoms with Crippen LogP contribution in [0.2, 0.25) is 0 Å². The third kappa shape index (κ3) is 2.52. The molecule has 2 heteroatoms. The fourth-order valence-corrected chi connectivity index (χ4v) is 2.04. The van der Waals surface area contributed by atoms with Gasteiger partial charge in [-0.15, -0.1) is 0 Å². The summed E-state index contributed by atoms with van der Waals surface area (Å²) in [6.07, 6.45) is 0. The lowest BCUT2D eigenvalue weighted by Gasteiger charge is -2.18. The Labute approximate surface area is 103 Å². The molecular formula is C15H21NO. The van der Waals surface area contributed by atoms with E-state index in [0.717, 1.165) is 24.4 Å². The lowest BCUT2D eigenvalue weighted by molar-refractivity contribution is 0.505. The number of fused-ring (bicyclic) bond motifs is 1. The second-order valence-corrected chi connectivity index (χ2v) is 5.47. The lowest BCUT2D eigenvalue weighted by Crippen LogP contribution is -2.11. The predicted octanol–water partition coefficient (Wildman–Crippen LogP) is 3.84. The molecule has 0 aliphatic carbocycles. The summed E-state index contributed by atoms with van der Waals surface area (Å²) in [7, 11) is 0. The number of nitrogens with one attached hydrogen (secondary N) is 1. The van der Waals surface area contributed by atoms with Crippen LogP contribution >= 0.6 is 0 Å². The summed E-state index contributed by atoms with van der Waals surface area (Å²) in [5.74, 6) is 1.01. The van der Waals surface area contributed by atoms with Crippen molar-refractivity contribution in [1.82, 2.24) is 5.32 Å². The Hall–Kier alpha value is -1.28. The quantitative estimate of drug-likeness (QED) is 0.868. The molecule has 0 saturated carbocycles. The van der Waals surface area contributed by atoms with Crippen LogP contribution in [0.25, 0.3) is 11.0 Å². The Morgan fingerprint density at radius 3 is 2.65 bits per heavy atom. The molecule has 1 aromatic carbocycles. The molecule has 1 aromatic heterocycles. The summed E-state index contributed by atoms with van der Waals surface area (Å²) in [4.78, 5) is 0. The van der Waals surface area contributed by atoms with Crippen LogP contribution in [0, 0.1) is 0 Å². The predicted molar refractivity (Wildman–Crippen MR) is 72.3 cm³/mol. The van der Waals surface area contributed by atoms with Crippen molar-refractivity contribution >= 4 is 11.0 Å². The van der Waals surface area contributed by atoms with E-state index < -0.39 is 0 Å². The SMILES string of the molecule is CCNCc1cc2cccc(C(C)(C)C)c2o1. The molecule has 2 aromatic rings. The maximum atomic E-state index is 5.97. The molecule has 1 heterocycles. The van der Waals surface area contributed by atoms with Crippen LogP contribution < -0.4 is 5.32 Å². The Bertz CT molecular complexity index is 505. The molecule has 0 radical (unpaired) electrons. The number of benzene rings is 1. The fourth-order valence-electron chi connectivity index (χ4n) is 2.04. The Kier molecular flexibility index (Phi) is 3.25. The molecule has 1 N–H and O–H groups in total. The van der Waals surface area contributed by atoms with Crippen LogP contribution in [0.5, 0.6) is 0 Å². The van der Waals surface area contributed by atoms with E-state index in [2.05, 4.69) is 57.3 Å². The zero-order valence-electron chi connectivity index (χ0n) is 11.1. The second kappa shape index (κ2) is 4.53. The second-order valence-electron chi connectivity index (χ2n) is 5.47. The average molecular weight is 231 g/mol. The Morgan fingerprint density at radius 2 is 2.00 bits per heavy atom. The van der Waals surface area contributed by atoms with Gasteiger partial charge in [0.05, 0.1) is 6.54 Å². The summed E-state index contributed by atoms with van der Waals surface area (Å²) < 4.78 is 5.97. The van der Waals surface area contributed by atoms with Gasteiger partial charge >= 0.3 is 0 Å². The highest BCUT2D eigenvalue weighted by Crippen LogP contribution is 2.31. The van der Waals surface area contributed by atoms with Gasteiger partial charge in [-0.1, -0.05) is 45.9 Å². The molecule has 0 bridgehead atoms. The molecule has 0 saturated heterocycles. The van der Waals surface area contributed by atoms with E-state index in [0.29, 0.717) is 0 Å². The topological polar surface area (TPSA) is 25.2 Å². The van der Waals surface area contributed by atoms with Gasteiger partial charge in [0, 0.05) is 10.9 Å². The average Bonchev–Trinajstić information content (AvgIpc) is 2.66. The van der Waals surface area contributed by atoms with Gasteiger partial charge in [-0.25, -0.2) is 0 Å². The largest absolute Gasteiger partial charge is 0.459 e. The van der Waals surface area contributed by atoms with Gasteiger partial charge in [-0.05, 0) is 18.0 Å². The molecule has 2 rings (SSSR count). The Morgan fingerprint density at radius 1 is 1.24 bits per heavy atom. The summed E-state index contributed by atoms with van der Waals surface area (Å²) in [5.41, 5.74) is 2.43. The molecule has 92 valence electrons. The molecule has 17 heavy (non-hydrogen) atoms. The highest BCUT2D eigenvalue weighted by atomic mass is 16.3. The summed E-state index contributed by atoms with van der Waals surface area (Å²) in [6.45, 7) is 10.5. The zero-order valence-corrected chi connectivity index (χ0v) is 11.1. The molecule has 0 fully saturated rings. The Balaban J connectivity index is 2.46. The van der Waals surface area contributed by atoms with Crippen molar-refractivity contribution in [2.75, 3.05) is 6.54 Å². The summed E-state index contributed by atoms with van der Waals surface area (Å²) >= 11 is 0. The van der Waals surface area contributed by atoms with Crippen LogP contribution in [-0.4, -0.2) is 6.54 Å². The number of rotatable bonds is 3. The van der Waals surface area contributed by atoms with E-state index >= 15 is 0 Å². The number of para-hydroxylation sites is 1. The van der Waals surface area contributed by atoms with Crippen molar-refractivity contribution in [3.05, 3.63) is 35.6 Å². The first kappa shape index (κ1) is 12.2. The standard InChI is InChI=1S/C15H21NO/c1-5-16-10-12-9-11-7-6-8-13(14(11)17-12)15(2,3)4/h6-9,16H,5,10H2,1-4H3. The third-order valence-corrected chi connectivity index (χ3v) is 2.95. The molecular weight excluding hydrogens is 210 g/mol. The fraction of sp³-hybridized carbons (Fsp3) is 0.467. The molecule has 0 aliphatic heterocycles. The molecule has 0 amide bonds.